The van der Waals surface area contributed by atoms with Gasteiger partial charge in [0.25, 0.3) is 0 Å². The van der Waals surface area contributed by atoms with Gasteiger partial charge in [-0.3, -0.25) is 5.32 Å². The predicted octanol–water partition coefficient (Wildman–Crippen LogP) is 3.28. The second-order valence-electron chi connectivity index (χ2n) is 5.63. The van der Waals surface area contributed by atoms with Gasteiger partial charge >= 0.3 is 5.97 Å². The quantitative estimate of drug-likeness (QED) is 0.848. The molecular weight excluding hydrogens is 276 g/mol. The summed E-state index contributed by atoms with van der Waals surface area (Å²) in [6, 6.07) is 3.32. The second-order valence-corrected chi connectivity index (χ2v) is 5.63. The standard InChI is InChI=1S/C16H21F2NO2/c1-3-21-15(20)16(2,19-14-6-4-5-7-14)11-8-12(17)10-13(18)9-11/h8-10,14,19H,3-7H2,1-2H3. The molecule has 5 heteroatoms. The van der Waals surface area contributed by atoms with Crippen LogP contribution in [0.2, 0.25) is 0 Å². The van der Waals surface area contributed by atoms with Crippen molar-refractivity contribution >= 4 is 5.97 Å². The molecule has 0 saturated heterocycles. The molecule has 21 heavy (non-hydrogen) atoms. The van der Waals surface area contributed by atoms with Crippen molar-refractivity contribution in [1.82, 2.24) is 5.32 Å². The van der Waals surface area contributed by atoms with Crippen LogP contribution in [0.25, 0.3) is 0 Å². The maximum Gasteiger partial charge on any atom is 0.330 e. The third kappa shape index (κ3) is 3.59. The number of rotatable bonds is 5. The first-order valence-corrected chi connectivity index (χ1v) is 7.37. The minimum absolute atomic E-state index is 0.158. The monoisotopic (exact) mass is 297 g/mol. The van der Waals surface area contributed by atoms with Crippen LogP contribution in [0.4, 0.5) is 8.78 Å². The van der Waals surface area contributed by atoms with Crippen molar-refractivity contribution in [3.8, 4) is 0 Å². The summed E-state index contributed by atoms with van der Waals surface area (Å²) in [5.74, 6) is -1.91. The first kappa shape index (κ1) is 15.9. The number of nitrogens with one attached hydrogen (secondary N) is 1. The van der Waals surface area contributed by atoms with Crippen LogP contribution in [0, 0.1) is 11.6 Å². The zero-order valence-electron chi connectivity index (χ0n) is 12.4. The Morgan fingerprint density at radius 2 is 1.86 bits per heavy atom. The van der Waals surface area contributed by atoms with Gasteiger partial charge in [0.05, 0.1) is 6.61 Å². The van der Waals surface area contributed by atoms with Crippen LogP contribution in [-0.2, 0) is 15.1 Å². The average molecular weight is 297 g/mol. The molecule has 1 N–H and O–H groups in total. The van der Waals surface area contributed by atoms with Crippen LogP contribution < -0.4 is 5.32 Å². The normalized spacial score (nSPS) is 18.5. The molecule has 0 amide bonds. The van der Waals surface area contributed by atoms with E-state index in [0.717, 1.165) is 31.7 Å². The molecule has 1 unspecified atom stereocenters. The van der Waals surface area contributed by atoms with Crippen molar-refractivity contribution in [2.75, 3.05) is 6.61 Å². The molecule has 1 aliphatic carbocycles. The van der Waals surface area contributed by atoms with Gasteiger partial charge in [-0.1, -0.05) is 12.8 Å². The van der Waals surface area contributed by atoms with Crippen molar-refractivity contribution < 1.29 is 18.3 Å². The molecular formula is C16H21F2NO2. The number of halogens is 2. The number of esters is 1. The largest absolute Gasteiger partial charge is 0.464 e. The van der Waals surface area contributed by atoms with E-state index in [-0.39, 0.29) is 18.2 Å². The van der Waals surface area contributed by atoms with Gasteiger partial charge in [0, 0.05) is 12.1 Å². The van der Waals surface area contributed by atoms with Crippen LogP contribution in [-0.4, -0.2) is 18.6 Å². The Kier molecular flexibility index (Phi) is 4.93. The maximum absolute atomic E-state index is 13.5. The van der Waals surface area contributed by atoms with Gasteiger partial charge in [0.2, 0.25) is 0 Å². The van der Waals surface area contributed by atoms with Crippen LogP contribution in [0.3, 0.4) is 0 Å². The van der Waals surface area contributed by atoms with E-state index in [1.54, 1.807) is 13.8 Å². The third-order valence-corrected chi connectivity index (χ3v) is 3.97. The molecule has 2 rings (SSSR count). The van der Waals surface area contributed by atoms with E-state index in [1.807, 2.05) is 0 Å². The highest BCUT2D eigenvalue weighted by Gasteiger charge is 2.39. The van der Waals surface area contributed by atoms with Crippen LogP contribution in [0.15, 0.2) is 18.2 Å². The molecule has 116 valence electrons. The molecule has 3 nitrogen and oxygen atoms in total. The summed E-state index contributed by atoms with van der Waals surface area (Å²) in [6.45, 7) is 3.55. The van der Waals surface area contributed by atoms with Gasteiger partial charge in [-0.05, 0) is 44.4 Å². The molecule has 1 aromatic rings. The van der Waals surface area contributed by atoms with Crippen molar-refractivity contribution in [3.05, 3.63) is 35.4 Å². The molecule has 0 spiro atoms. The lowest BCUT2D eigenvalue weighted by atomic mass is 9.90. The molecule has 1 aliphatic rings. The SMILES string of the molecule is CCOC(=O)C(C)(NC1CCCC1)c1cc(F)cc(F)c1. The summed E-state index contributed by atoms with van der Waals surface area (Å²) in [7, 11) is 0. The Labute approximate surface area is 123 Å². The fraction of sp³-hybridized carbons (Fsp3) is 0.562. The number of hydrogen-bond acceptors (Lipinski definition) is 3. The van der Waals surface area contributed by atoms with E-state index >= 15 is 0 Å². The molecule has 0 heterocycles. The molecule has 0 aliphatic heterocycles. The van der Waals surface area contributed by atoms with Crippen molar-refractivity contribution in [3.63, 3.8) is 0 Å². The fourth-order valence-electron chi connectivity index (χ4n) is 2.86. The number of carbonyl (C=O) groups excluding carboxylic acids is 1. The Morgan fingerprint density at radius 3 is 2.38 bits per heavy atom. The number of benzene rings is 1. The van der Waals surface area contributed by atoms with Gasteiger partial charge in [-0.25, -0.2) is 13.6 Å². The molecule has 1 saturated carbocycles. The summed E-state index contributed by atoms with van der Waals surface area (Å²) in [6.07, 6.45) is 4.09. The zero-order chi connectivity index (χ0) is 15.5. The zero-order valence-corrected chi connectivity index (χ0v) is 12.4. The van der Waals surface area contributed by atoms with Gasteiger partial charge in [-0.2, -0.15) is 0 Å². The Hall–Kier alpha value is -1.49. The molecule has 0 bridgehead atoms. The smallest absolute Gasteiger partial charge is 0.330 e. The summed E-state index contributed by atoms with van der Waals surface area (Å²) in [4.78, 5) is 12.3. The fourth-order valence-corrected chi connectivity index (χ4v) is 2.86. The third-order valence-electron chi connectivity index (χ3n) is 3.97. The van der Waals surface area contributed by atoms with E-state index < -0.39 is 23.1 Å². The highest BCUT2D eigenvalue weighted by Crippen LogP contribution is 2.29. The molecule has 0 aromatic heterocycles. The summed E-state index contributed by atoms with van der Waals surface area (Å²) in [5, 5.41) is 3.24. The average Bonchev–Trinajstić information content (AvgIpc) is 2.90. The second kappa shape index (κ2) is 6.52. The van der Waals surface area contributed by atoms with Gasteiger partial charge < -0.3 is 4.74 Å². The van der Waals surface area contributed by atoms with E-state index in [4.69, 9.17) is 4.74 Å². The first-order valence-electron chi connectivity index (χ1n) is 7.37. The van der Waals surface area contributed by atoms with Crippen molar-refractivity contribution in [2.45, 2.75) is 51.1 Å². The lowest BCUT2D eigenvalue weighted by Crippen LogP contribution is -2.51. The summed E-state index contributed by atoms with van der Waals surface area (Å²) in [5.41, 5.74) is -0.987. The minimum Gasteiger partial charge on any atom is -0.464 e. The van der Waals surface area contributed by atoms with Gasteiger partial charge in [-0.15, -0.1) is 0 Å². The Bertz CT molecular complexity index is 495. The highest BCUT2D eigenvalue weighted by molar-refractivity contribution is 5.82. The highest BCUT2D eigenvalue weighted by atomic mass is 19.1. The van der Waals surface area contributed by atoms with Crippen molar-refractivity contribution in [2.24, 2.45) is 0 Å². The first-order chi connectivity index (χ1) is 9.95. The van der Waals surface area contributed by atoms with E-state index in [9.17, 15) is 13.6 Å². The molecule has 1 atom stereocenters. The topological polar surface area (TPSA) is 38.3 Å². The number of hydrogen-bond donors (Lipinski definition) is 1. The predicted molar refractivity (Wildman–Crippen MR) is 75.7 cm³/mol. The lowest BCUT2D eigenvalue weighted by Gasteiger charge is -2.32. The van der Waals surface area contributed by atoms with E-state index in [1.165, 1.54) is 12.1 Å². The van der Waals surface area contributed by atoms with Crippen LogP contribution >= 0.6 is 0 Å². The molecule has 0 radical (unpaired) electrons. The number of carbonyl (C=O) groups is 1. The van der Waals surface area contributed by atoms with E-state index in [0.29, 0.717) is 0 Å². The molecule has 1 aromatic carbocycles. The summed E-state index contributed by atoms with van der Waals surface area (Å²) < 4.78 is 32.1. The molecule has 1 fully saturated rings. The maximum atomic E-state index is 13.5. The minimum atomic E-state index is -1.24. The van der Waals surface area contributed by atoms with Crippen molar-refractivity contribution in [1.29, 1.82) is 0 Å². The summed E-state index contributed by atoms with van der Waals surface area (Å²) >= 11 is 0. The van der Waals surface area contributed by atoms with E-state index in [2.05, 4.69) is 5.32 Å². The van der Waals surface area contributed by atoms with Gasteiger partial charge in [0.1, 0.15) is 17.2 Å². The Morgan fingerprint density at radius 1 is 1.29 bits per heavy atom. The number of ether oxygens (including phenoxy) is 1. The Balaban J connectivity index is 2.35. The van der Waals surface area contributed by atoms with Crippen LogP contribution in [0.1, 0.15) is 45.1 Å². The van der Waals surface area contributed by atoms with Crippen LogP contribution in [0.5, 0.6) is 0 Å². The van der Waals surface area contributed by atoms with Gasteiger partial charge in [0.15, 0.2) is 0 Å². The lowest BCUT2D eigenvalue weighted by molar-refractivity contribution is -0.151.